The summed E-state index contributed by atoms with van der Waals surface area (Å²) < 4.78 is 0. The van der Waals surface area contributed by atoms with Crippen molar-refractivity contribution in [1.82, 2.24) is 0 Å². The van der Waals surface area contributed by atoms with Gasteiger partial charge in [-0.1, -0.05) is 33.3 Å². The Bertz CT molecular complexity index is 105. The van der Waals surface area contributed by atoms with Crippen molar-refractivity contribution in [1.29, 1.82) is 0 Å². The molecule has 10 heavy (non-hydrogen) atoms. The highest BCUT2D eigenvalue weighted by Crippen LogP contribution is 2.29. The van der Waals surface area contributed by atoms with Gasteiger partial charge in [0.05, 0.1) is 0 Å². The van der Waals surface area contributed by atoms with Crippen LogP contribution < -0.4 is 0 Å². The monoisotopic (exact) mass is 158 g/mol. The van der Waals surface area contributed by atoms with Crippen molar-refractivity contribution in [3.8, 4) is 0 Å². The van der Waals surface area contributed by atoms with Gasteiger partial charge in [0.1, 0.15) is 0 Å². The summed E-state index contributed by atoms with van der Waals surface area (Å²) in [5.41, 5.74) is 0.180. The van der Waals surface area contributed by atoms with Crippen LogP contribution in [0.3, 0.4) is 0 Å². The van der Waals surface area contributed by atoms with Gasteiger partial charge in [-0.25, -0.2) is 0 Å². The predicted molar refractivity (Wildman–Crippen MR) is 51.7 cm³/mol. The molecule has 0 N–H and O–H groups in total. The van der Waals surface area contributed by atoms with Gasteiger partial charge >= 0.3 is 0 Å². The second-order valence-electron chi connectivity index (χ2n) is 3.33. The molecule has 0 aromatic heterocycles. The van der Waals surface area contributed by atoms with Crippen LogP contribution in [-0.2, 0) is 0 Å². The number of hydrogen-bond donors (Lipinski definition) is 1. The molecule has 0 radical (unpaired) electrons. The van der Waals surface area contributed by atoms with E-state index in [1.54, 1.807) is 0 Å². The minimum Gasteiger partial charge on any atom is -0.175 e. The van der Waals surface area contributed by atoms with E-state index in [1.165, 1.54) is 12.8 Å². The zero-order chi connectivity index (χ0) is 8.20. The minimum absolute atomic E-state index is 0.180. The van der Waals surface area contributed by atoms with Crippen LogP contribution >= 0.6 is 12.6 Å². The fourth-order valence-electron chi connectivity index (χ4n) is 0.781. The number of thiol groups is 1. The molecule has 0 saturated heterocycles. The molecular formula is C9H18S. The summed E-state index contributed by atoms with van der Waals surface area (Å²) in [5, 5.41) is 0.454. The summed E-state index contributed by atoms with van der Waals surface area (Å²) in [6.45, 7) is 10.3. The Kier molecular flexibility index (Phi) is 4.11. The quantitative estimate of drug-likeness (QED) is 0.471. The Labute approximate surface area is 70.1 Å². The maximum absolute atomic E-state index is 4.50. The molecule has 0 nitrogen and oxygen atoms in total. The molecule has 0 aromatic rings. The molecule has 0 fully saturated rings. The predicted octanol–water partition coefficient (Wildman–Crippen LogP) is 3.30. The normalized spacial score (nSPS) is 14.8. The Morgan fingerprint density at radius 2 is 2.10 bits per heavy atom. The van der Waals surface area contributed by atoms with Crippen LogP contribution in [0.25, 0.3) is 0 Å². The lowest BCUT2D eigenvalue weighted by Gasteiger charge is -2.26. The maximum atomic E-state index is 4.50. The Morgan fingerprint density at radius 3 is 2.40 bits per heavy atom. The van der Waals surface area contributed by atoms with Gasteiger partial charge in [-0.05, 0) is 11.8 Å². The van der Waals surface area contributed by atoms with Crippen molar-refractivity contribution in [3.63, 3.8) is 0 Å². The first-order valence-corrected chi connectivity index (χ1v) is 4.38. The van der Waals surface area contributed by atoms with Gasteiger partial charge in [-0.15, -0.1) is 6.58 Å². The van der Waals surface area contributed by atoms with Gasteiger partial charge in [-0.3, -0.25) is 0 Å². The fraction of sp³-hybridized carbons (Fsp3) is 0.778. The van der Waals surface area contributed by atoms with E-state index in [0.29, 0.717) is 5.25 Å². The molecule has 1 atom stereocenters. The first-order valence-electron chi connectivity index (χ1n) is 3.86. The fourth-order valence-corrected chi connectivity index (χ4v) is 1.15. The van der Waals surface area contributed by atoms with E-state index in [2.05, 4.69) is 40.0 Å². The van der Waals surface area contributed by atoms with E-state index < -0.39 is 0 Å². The first-order chi connectivity index (χ1) is 4.54. The second kappa shape index (κ2) is 4.07. The molecule has 0 aliphatic rings. The highest BCUT2D eigenvalue weighted by Gasteiger charge is 2.21. The highest BCUT2D eigenvalue weighted by atomic mass is 32.1. The summed E-state index contributed by atoms with van der Waals surface area (Å²) in [4.78, 5) is 0. The van der Waals surface area contributed by atoms with Crippen molar-refractivity contribution >= 4 is 12.6 Å². The van der Waals surface area contributed by atoms with Crippen LogP contribution in [0.1, 0.15) is 33.6 Å². The molecule has 0 heterocycles. The van der Waals surface area contributed by atoms with E-state index in [-0.39, 0.29) is 5.41 Å². The second-order valence-corrected chi connectivity index (χ2v) is 3.95. The van der Waals surface area contributed by atoms with E-state index in [9.17, 15) is 0 Å². The molecule has 0 aliphatic heterocycles. The molecule has 1 heteroatoms. The molecule has 0 saturated carbocycles. The van der Waals surface area contributed by atoms with Gasteiger partial charge in [-0.2, -0.15) is 12.6 Å². The van der Waals surface area contributed by atoms with Gasteiger partial charge in [0.2, 0.25) is 0 Å². The van der Waals surface area contributed by atoms with Gasteiger partial charge in [0, 0.05) is 5.25 Å². The number of allylic oxidation sites excluding steroid dienone is 1. The molecule has 0 amide bonds. The highest BCUT2D eigenvalue weighted by molar-refractivity contribution is 7.81. The van der Waals surface area contributed by atoms with Crippen molar-refractivity contribution in [2.75, 3.05) is 0 Å². The van der Waals surface area contributed by atoms with E-state index in [0.717, 1.165) is 0 Å². The van der Waals surface area contributed by atoms with E-state index in [4.69, 9.17) is 0 Å². The van der Waals surface area contributed by atoms with Crippen LogP contribution in [0.4, 0.5) is 0 Å². The van der Waals surface area contributed by atoms with Crippen LogP contribution in [-0.4, -0.2) is 5.25 Å². The zero-order valence-electron chi connectivity index (χ0n) is 7.22. The largest absolute Gasteiger partial charge is 0.175 e. The minimum atomic E-state index is 0.180. The average Bonchev–Trinajstić information content (AvgIpc) is 1.89. The van der Waals surface area contributed by atoms with Crippen LogP contribution in [0, 0.1) is 5.41 Å². The van der Waals surface area contributed by atoms with Gasteiger partial charge in [0.25, 0.3) is 0 Å². The molecule has 0 aromatic carbocycles. The zero-order valence-corrected chi connectivity index (χ0v) is 8.12. The molecule has 0 bridgehead atoms. The van der Waals surface area contributed by atoms with Crippen LogP contribution in [0.5, 0.6) is 0 Å². The number of hydrogen-bond acceptors (Lipinski definition) is 1. The Morgan fingerprint density at radius 1 is 1.60 bits per heavy atom. The topological polar surface area (TPSA) is 0 Å². The van der Waals surface area contributed by atoms with Crippen molar-refractivity contribution in [2.24, 2.45) is 5.41 Å². The number of rotatable bonds is 4. The first kappa shape index (κ1) is 10.1. The Hall–Kier alpha value is 0.0900. The summed E-state index contributed by atoms with van der Waals surface area (Å²) in [6, 6.07) is 0. The van der Waals surface area contributed by atoms with Crippen molar-refractivity contribution in [3.05, 3.63) is 12.7 Å². The SMILES string of the molecule is C=CC(C)(C)C(S)CCC. The maximum Gasteiger partial charge on any atom is 0.0102 e. The van der Waals surface area contributed by atoms with E-state index in [1.807, 2.05) is 6.08 Å². The molecule has 1 unspecified atom stereocenters. The van der Waals surface area contributed by atoms with Crippen LogP contribution in [0.2, 0.25) is 0 Å². The lowest BCUT2D eigenvalue weighted by molar-refractivity contribution is 0.438. The van der Waals surface area contributed by atoms with Crippen molar-refractivity contribution in [2.45, 2.75) is 38.9 Å². The average molecular weight is 158 g/mol. The molecule has 0 spiro atoms. The summed E-state index contributed by atoms with van der Waals surface area (Å²) >= 11 is 4.50. The molecule has 60 valence electrons. The third-order valence-corrected chi connectivity index (χ3v) is 2.87. The Balaban J connectivity index is 3.90. The van der Waals surface area contributed by atoms with Crippen molar-refractivity contribution < 1.29 is 0 Å². The summed E-state index contributed by atoms with van der Waals surface area (Å²) in [5.74, 6) is 0. The van der Waals surface area contributed by atoms with E-state index >= 15 is 0 Å². The summed E-state index contributed by atoms with van der Waals surface area (Å²) in [7, 11) is 0. The lowest BCUT2D eigenvalue weighted by Crippen LogP contribution is -2.21. The summed E-state index contributed by atoms with van der Waals surface area (Å²) in [6.07, 6.45) is 4.36. The molecule has 0 rings (SSSR count). The van der Waals surface area contributed by atoms with Gasteiger partial charge < -0.3 is 0 Å². The van der Waals surface area contributed by atoms with Crippen LogP contribution in [0.15, 0.2) is 12.7 Å². The third-order valence-electron chi connectivity index (χ3n) is 1.95. The standard InChI is InChI=1S/C9H18S/c1-5-7-8(10)9(3,4)6-2/h6,8,10H,2,5,7H2,1,3-4H3. The lowest BCUT2D eigenvalue weighted by atomic mass is 9.87. The molecular weight excluding hydrogens is 140 g/mol. The smallest absolute Gasteiger partial charge is 0.0102 e. The molecule has 0 aliphatic carbocycles. The third kappa shape index (κ3) is 2.78. The van der Waals surface area contributed by atoms with Gasteiger partial charge in [0.15, 0.2) is 0 Å².